The molecule has 0 radical (unpaired) electrons. The summed E-state index contributed by atoms with van der Waals surface area (Å²) in [6, 6.07) is 12.7. The van der Waals surface area contributed by atoms with Crippen molar-refractivity contribution in [3.63, 3.8) is 0 Å². The molecule has 0 aliphatic carbocycles. The van der Waals surface area contributed by atoms with Crippen LogP contribution >= 0.6 is 11.6 Å². The average Bonchev–Trinajstić information content (AvgIpc) is 2.73. The first kappa shape index (κ1) is 23.9. The lowest BCUT2D eigenvalue weighted by molar-refractivity contribution is 0.256. The Labute approximate surface area is 194 Å². The number of methoxy groups -OCH3 is 1. The van der Waals surface area contributed by atoms with Crippen molar-refractivity contribution in [1.29, 1.82) is 0 Å². The van der Waals surface area contributed by atoms with Gasteiger partial charge in [0, 0.05) is 10.7 Å². The van der Waals surface area contributed by atoms with Crippen molar-refractivity contribution in [2.75, 3.05) is 12.4 Å². The Morgan fingerprint density at radius 2 is 1.47 bits per heavy atom. The Morgan fingerprint density at radius 3 is 2.03 bits per heavy atom. The third-order valence-corrected chi connectivity index (χ3v) is 6.75. The highest BCUT2D eigenvalue weighted by molar-refractivity contribution is 7.90. The molecule has 0 saturated carbocycles. The Balaban J connectivity index is 1.90. The summed E-state index contributed by atoms with van der Waals surface area (Å²) in [5, 5.41) is 4.86. The molecular weight excluding hydrogens is 448 g/mol. The van der Waals surface area contributed by atoms with Gasteiger partial charge in [-0.25, -0.2) is 17.9 Å². The van der Waals surface area contributed by atoms with Gasteiger partial charge in [-0.05, 0) is 70.1 Å². The van der Waals surface area contributed by atoms with Gasteiger partial charge in [0.05, 0.1) is 12.0 Å². The van der Waals surface area contributed by atoms with E-state index in [1.807, 2.05) is 33.8 Å². The maximum absolute atomic E-state index is 12.9. The largest absolute Gasteiger partial charge is 0.497 e. The van der Waals surface area contributed by atoms with E-state index in [4.69, 9.17) is 16.3 Å². The first-order valence-corrected chi connectivity index (χ1v) is 12.1. The van der Waals surface area contributed by atoms with Crippen LogP contribution in [0.15, 0.2) is 53.4 Å². The van der Waals surface area contributed by atoms with Gasteiger partial charge in [-0.2, -0.15) is 0 Å². The maximum atomic E-state index is 12.9. The molecule has 0 heterocycles. The van der Waals surface area contributed by atoms with Crippen molar-refractivity contribution < 1.29 is 17.9 Å². The summed E-state index contributed by atoms with van der Waals surface area (Å²) in [7, 11) is -2.51. The Bertz CT molecular complexity index is 1240. The molecule has 0 saturated heterocycles. The normalized spacial score (nSPS) is 11.8. The van der Waals surface area contributed by atoms with Gasteiger partial charge in [-0.15, -0.1) is 0 Å². The molecule has 0 fully saturated rings. The number of carbonyl (C=O) groups is 1. The van der Waals surface area contributed by atoms with E-state index in [9.17, 15) is 13.2 Å². The van der Waals surface area contributed by atoms with E-state index in [-0.39, 0.29) is 16.7 Å². The first-order chi connectivity index (χ1) is 15.0. The van der Waals surface area contributed by atoms with Crippen LogP contribution in [0.5, 0.6) is 5.75 Å². The fourth-order valence-electron chi connectivity index (χ4n) is 3.52. The standard InChI is InChI=1S/C24H27ClN2O4S/c1-14(2)21-12-18(25)13-22(15(3)4)23(21)26-24(28)27-32(29,30)20-9-7-16-10-19(31-5)8-6-17(16)11-20/h6-15H,1-5H3,(H2,26,27,28). The molecule has 0 atom stereocenters. The van der Waals surface area contributed by atoms with Crippen LogP contribution in [0.4, 0.5) is 10.5 Å². The van der Waals surface area contributed by atoms with E-state index >= 15 is 0 Å². The number of benzene rings is 3. The Kier molecular flexibility index (Phi) is 7.00. The van der Waals surface area contributed by atoms with Crippen LogP contribution in [0, 0.1) is 0 Å². The summed E-state index contributed by atoms with van der Waals surface area (Å²) in [5.41, 5.74) is 2.26. The second-order valence-corrected chi connectivity index (χ2v) is 10.3. The average molecular weight is 475 g/mol. The smallest absolute Gasteiger partial charge is 0.333 e. The molecule has 3 rings (SSSR count). The number of hydrogen-bond acceptors (Lipinski definition) is 4. The number of amides is 2. The van der Waals surface area contributed by atoms with Gasteiger partial charge in [0.1, 0.15) is 5.75 Å². The van der Waals surface area contributed by atoms with E-state index in [2.05, 4.69) is 10.0 Å². The van der Waals surface area contributed by atoms with Gasteiger partial charge in [-0.1, -0.05) is 51.4 Å². The Morgan fingerprint density at radius 1 is 0.906 bits per heavy atom. The number of sulfonamides is 1. The zero-order valence-corrected chi connectivity index (χ0v) is 20.3. The van der Waals surface area contributed by atoms with E-state index in [1.54, 1.807) is 37.4 Å². The highest BCUT2D eigenvalue weighted by atomic mass is 35.5. The molecular formula is C24H27ClN2O4S. The number of rotatable bonds is 6. The van der Waals surface area contributed by atoms with Gasteiger partial charge < -0.3 is 10.1 Å². The summed E-state index contributed by atoms with van der Waals surface area (Å²) >= 11 is 6.27. The summed E-state index contributed by atoms with van der Waals surface area (Å²) < 4.78 is 33.1. The van der Waals surface area contributed by atoms with Crippen LogP contribution < -0.4 is 14.8 Å². The van der Waals surface area contributed by atoms with Crippen LogP contribution in [0.25, 0.3) is 10.8 Å². The number of anilines is 1. The quantitative estimate of drug-likeness (QED) is 0.441. The molecule has 3 aromatic carbocycles. The number of ether oxygens (including phenoxy) is 1. The SMILES string of the molecule is COc1ccc2cc(S(=O)(=O)NC(=O)Nc3c(C(C)C)cc(Cl)cc3C(C)C)ccc2c1. The van der Waals surface area contributed by atoms with Crippen LogP contribution in [0.2, 0.25) is 5.02 Å². The molecule has 3 aromatic rings. The van der Waals surface area contributed by atoms with Gasteiger partial charge >= 0.3 is 6.03 Å². The molecule has 0 spiro atoms. The molecule has 2 N–H and O–H groups in total. The number of urea groups is 1. The van der Waals surface area contributed by atoms with Crippen LogP contribution in [0.1, 0.15) is 50.7 Å². The molecule has 8 heteroatoms. The van der Waals surface area contributed by atoms with Crippen LogP contribution in [-0.4, -0.2) is 21.6 Å². The fraction of sp³-hybridized carbons (Fsp3) is 0.292. The Hall–Kier alpha value is -2.77. The van der Waals surface area contributed by atoms with Crippen molar-refractivity contribution in [2.24, 2.45) is 0 Å². The third-order valence-electron chi connectivity index (χ3n) is 5.20. The van der Waals surface area contributed by atoms with Crippen molar-refractivity contribution >= 4 is 44.1 Å². The second kappa shape index (κ2) is 9.38. The second-order valence-electron chi connectivity index (χ2n) is 8.20. The van der Waals surface area contributed by atoms with Gasteiger partial charge in [0.2, 0.25) is 0 Å². The summed E-state index contributed by atoms with van der Waals surface area (Å²) in [6.45, 7) is 7.94. The predicted octanol–water partition coefficient (Wildman–Crippen LogP) is 6.26. The number of carbonyl (C=O) groups excluding carboxylic acids is 1. The fourth-order valence-corrected chi connectivity index (χ4v) is 4.70. The van der Waals surface area contributed by atoms with Crippen molar-refractivity contribution in [2.45, 2.75) is 44.4 Å². The highest BCUT2D eigenvalue weighted by Gasteiger charge is 2.22. The molecule has 0 aromatic heterocycles. The van der Waals surface area contributed by atoms with E-state index in [0.717, 1.165) is 21.9 Å². The minimum atomic E-state index is -4.08. The number of fused-ring (bicyclic) bond motifs is 1. The lowest BCUT2D eigenvalue weighted by Crippen LogP contribution is -2.35. The minimum absolute atomic E-state index is 0.00501. The molecule has 32 heavy (non-hydrogen) atoms. The predicted molar refractivity (Wildman–Crippen MR) is 129 cm³/mol. The van der Waals surface area contributed by atoms with Crippen molar-refractivity contribution in [3.05, 3.63) is 64.7 Å². The molecule has 0 aliphatic rings. The van der Waals surface area contributed by atoms with E-state index in [0.29, 0.717) is 16.5 Å². The molecule has 6 nitrogen and oxygen atoms in total. The highest BCUT2D eigenvalue weighted by Crippen LogP contribution is 2.35. The molecule has 2 amide bonds. The van der Waals surface area contributed by atoms with Gasteiger partial charge in [0.25, 0.3) is 10.0 Å². The topological polar surface area (TPSA) is 84.5 Å². The molecule has 170 valence electrons. The lowest BCUT2D eigenvalue weighted by Gasteiger charge is -2.21. The summed E-state index contributed by atoms with van der Waals surface area (Å²) in [4.78, 5) is 12.7. The summed E-state index contributed by atoms with van der Waals surface area (Å²) in [5.74, 6) is 0.835. The van der Waals surface area contributed by atoms with Gasteiger partial charge in [-0.3, -0.25) is 0 Å². The monoisotopic (exact) mass is 474 g/mol. The van der Waals surface area contributed by atoms with E-state index < -0.39 is 16.1 Å². The molecule has 0 unspecified atom stereocenters. The molecule has 0 bridgehead atoms. The van der Waals surface area contributed by atoms with E-state index in [1.165, 1.54) is 12.1 Å². The zero-order valence-electron chi connectivity index (χ0n) is 18.7. The minimum Gasteiger partial charge on any atom is -0.497 e. The third kappa shape index (κ3) is 5.16. The summed E-state index contributed by atoms with van der Waals surface area (Å²) in [6.07, 6.45) is 0. The first-order valence-electron chi connectivity index (χ1n) is 10.3. The number of hydrogen-bond donors (Lipinski definition) is 2. The van der Waals surface area contributed by atoms with Crippen molar-refractivity contribution in [1.82, 2.24) is 4.72 Å². The van der Waals surface area contributed by atoms with Crippen LogP contribution in [-0.2, 0) is 10.0 Å². The van der Waals surface area contributed by atoms with Crippen molar-refractivity contribution in [3.8, 4) is 5.75 Å². The maximum Gasteiger partial charge on any atom is 0.333 e. The van der Waals surface area contributed by atoms with Gasteiger partial charge in [0.15, 0.2) is 0 Å². The number of nitrogens with one attached hydrogen (secondary N) is 2. The number of halogens is 1. The molecule has 0 aliphatic heterocycles. The zero-order chi connectivity index (χ0) is 23.6. The lowest BCUT2D eigenvalue weighted by atomic mass is 9.92. The van der Waals surface area contributed by atoms with Crippen LogP contribution in [0.3, 0.4) is 0 Å².